The highest BCUT2D eigenvalue weighted by Gasteiger charge is 2.27. The monoisotopic (exact) mass is 600 g/mol. The quantitative estimate of drug-likeness (QED) is 0.211. The third-order valence-corrected chi connectivity index (χ3v) is 11.0. The van der Waals surface area contributed by atoms with Gasteiger partial charge in [0.05, 0.1) is 28.5 Å². The molecule has 4 aromatic carbocycles. The second kappa shape index (κ2) is 11.1. The first-order valence-corrected chi connectivity index (χ1v) is 17.9. The summed E-state index contributed by atoms with van der Waals surface area (Å²) < 4.78 is 23.8. The normalized spacial score (nSPS) is 13.9. The highest BCUT2D eigenvalue weighted by atomic mass is 32.2. The Morgan fingerprint density at radius 3 is 2.02 bits per heavy atom. The minimum Gasteiger partial charge on any atom is -0.340 e. The van der Waals surface area contributed by atoms with Crippen LogP contribution >= 0.6 is 23.5 Å². The molecule has 0 N–H and O–H groups in total. The number of hydrogen-bond acceptors (Lipinski definition) is 6. The topological polar surface area (TPSA) is 40.6 Å². The van der Waals surface area contributed by atoms with Gasteiger partial charge in [0, 0.05) is 38.9 Å². The van der Waals surface area contributed by atoms with Gasteiger partial charge in [0.1, 0.15) is 9.84 Å². The molecular weight excluding hydrogens is 565 g/mol. The van der Waals surface area contributed by atoms with Crippen LogP contribution in [0, 0.1) is 20.8 Å². The van der Waals surface area contributed by atoms with Gasteiger partial charge in [0.2, 0.25) is 0 Å². The first-order chi connectivity index (χ1) is 19.6. The average Bonchev–Trinajstić information content (AvgIpc) is 2.92. The number of sulfone groups is 1. The van der Waals surface area contributed by atoms with Crippen LogP contribution in [0.2, 0.25) is 0 Å². The van der Waals surface area contributed by atoms with Crippen molar-refractivity contribution in [2.75, 3.05) is 34.9 Å². The zero-order valence-corrected chi connectivity index (χ0v) is 26.8. The molecule has 4 nitrogen and oxygen atoms in total. The lowest BCUT2D eigenvalue weighted by atomic mass is 9.98. The zero-order chi connectivity index (χ0) is 28.9. The summed E-state index contributed by atoms with van der Waals surface area (Å²) in [6.07, 6.45) is 3.00. The number of hydrogen-bond donors (Lipinski definition) is 0. The van der Waals surface area contributed by atoms with Crippen LogP contribution in [0.5, 0.6) is 0 Å². The number of anilines is 4. The van der Waals surface area contributed by atoms with Crippen molar-refractivity contribution in [3.05, 3.63) is 83.4 Å². The largest absolute Gasteiger partial charge is 0.340 e. The molecule has 0 unspecified atom stereocenters. The number of fused-ring (bicyclic) bond motifs is 4. The number of benzene rings is 4. The van der Waals surface area contributed by atoms with Crippen molar-refractivity contribution in [1.29, 1.82) is 0 Å². The molecule has 0 fully saturated rings. The molecule has 212 valence electrons. The Hall–Kier alpha value is -2.87. The fraction of sp³-hybridized carbons (Fsp3) is 0.294. The van der Waals surface area contributed by atoms with Crippen molar-refractivity contribution < 1.29 is 8.42 Å². The van der Waals surface area contributed by atoms with Crippen molar-refractivity contribution >= 4 is 56.1 Å². The molecule has 0 amide bonds. The zero-order valence-electron chi connectivity index (χ0n) is 24.3. The second-order valence-corrected chi connectivity index (χ2v) is 15.7. The molecule has 2 heterocycles. The van der Waals surface area contributed by atoms with Crippen LogP contribution in [0.4, 0.5) is 22.7 Å². The van der Waals surface area contributed by atoms with Crippen molar-refractivity contribution in [2.45, 2.75) is 60.1 Å². The van der Waals surface area contributed by atoms with E-state index in [0.717, 1.165) is 18.7 Å². The van der Waals surface area contributed by atoms with Gasteiger partial charge < -0.3 is 9.80 Å². The molecule has 0 saturated carbocycles. The smallest absolute Gasteiger partial charge is 0.147 e. The Kier molecular flexibility index (Phi) is 7.64. The molecule has 2 aliphatic rings. The summed E-state index contributed by atoms with van der Waals surface area (Å²) in [6.45, 7) is 10.4. The van der Waals surface area contributed by atoms with Gasteiger partial charge in [-0.15, -0.1) is 0 Å². The lowest BCUT2D eigenvalue weighted by Crippen LogP contribution is -2.24. The van der Waals surface area contributed by atoms with Gasteiger partial charge >= 0.3 is 0 Å². The van der Waals surface area contributed by atoms with Gasteiger partial charge in [0.15, 0.2) is 0 Å². The second-order valence-electron chi connectivity index (χ2n) is 11.3. The Labute approximate surface area is 253 Å². The van der Waals surface area contributed by atoms with Gasteiger partial charge in [-0.25, -0.2) is 8.42 Å². The molecule has 0 spiro atoms. The minimum absolute atomic E-state index is 0.189. The summed E-state index contributed by atoms with van der Waals surface area (Å²) in [4.78, 5) is 9.81. The van der Waals surface area contributed by atoms with Crippen LogP contribution < -0.4 is 9.80 Å². The Balaban J connectivity index is 1.39. The summed E-state index contributed by atoms with van der Waals surface area (Å²) in [7, 11) is -3.01. The molecule has 0 atom stereocenters. The molecular formula is C34H36N2O2S3. The first kappa shape index (κ1) is 28.3. The average molecular weight is 601 g/mol. The number of aryl methyl sites for hydroxylation is 3. The lowest BCUT2D eigenvalue weighted by molar-refractivity contribution is 0.599. The maximum Gasteiger partial charge on any atom is 0.147 e. The Bertz CT molecular complexity index is 1760. The Morgan fingerprint density at radius 1 is 0.659 bits per heavy atom. The van der Waals surface area contributed by atoms with E-state index < -0.39 is 9.84 Å². The fourth-order valence-electron chi connectivity index (χ4n) is 5.80. The van der Waals surface area contributed by atoms with Crippen LogP contribution in [-0.4, -0.2) is 33.5 Å². The highest BCUT2D eigenvalue weighted by Crippen LogP contribution is 2.52. The van der Waals surface area contributed by atoms with Crippen LogP contribution in [0.15, 0.2) is 86.3 Å². The van der Waals surface area contributed by atoms with Crippen LogP contribution in [0.3, 0.4) is 0 Å². The SMILES string of the molecule is CCCN1c2ccc(C)cc2Sc2cc(-c3cc4c(cc3C)N(CCCS(C)(=O)=O)c3cc(C)ccc3S4)ccc21. The molecule has 0 bridgehead atoms. The van der Waals surface area contributed by atoms with E-state index >= 15 is 0 Å². The third-order valence-electron chi connectivity index (χ3n) is 7.75. The minimum atomic E-state index is -3.01. The molecule has 0 radical (unpaired) electrons. The molecule has 41 heavy (non-hydrogen) atoms. The van der Waals surface area contributed by atoms with Gasteiger partial charge in [-0.3, -0.25) is 0 Å². The van der Waals surface area contributed by atoms with E-state index in [4.69, 9.17) is 0 Å². The van der Waals surface area contributed by atoms with E-state index in [2.05, 4.69) is 104 Å². The molecule has 7 heteroatoms. The molecule has 0 aromatic heterocycles. The summed E-state index contributed by atoms with van der Waals surface area (Å²) in [5.41, 5.74) is 11.1. The van der Waals surface area contributed by atoms with E-state index in [0.29, 0.717) is 13.0 Å². The van der Waals surface area contributed by atoms with Gasteiger partial charge in [-0.2, -0.15) is 0 Å². The number of nitrogens with zero attached hydrogens (tertiary/aromatic N) is 2. The van der Waals surface area contributed by atoms with Crippen LogP contribution in [0.1, 0.15) is 36.5 Å². The lowest BCUT2D eigenvalue weighted by Gasteiger charge is -2.34. The summed E-state index contributed by atoms with van der Waals surface area (Å²) >= 11 is 3.68. The summed E-state index contributed by atoms with van der Waals surface area (Å²) in [5.74, 6) is 0.189. The van der Waals surface area contributed by atoms with E-state index in [1.807, 2.05) is 11.8 Å². The summed E-state index contributed by atoms with van der Waals surface area (Å²) in [6, 6.07) is 24.9. The maximum absolute atomic E-state index is 11.9. The van der Waals surface area contributed by atoms with E-state index in [-0.39, 0.29) is 5.75 Å². The van der Waals surface area contributed by atoms with Gasteiger partial charge in [-0.1, -0.05) is 48.6 Å². The van der Waals surface area contributed by atoms with Gasteiger partial charge in [0.25, 0.3) is 0 Å². The molecule has 0 aliphatic carbocycles. The van der Waals surface area contributed by atoms with Gasteiger partial charge in [-0.05, 0) is 110 Å². The van der Waals surface area contributed by atoms with Crippen LogP contribution in [0.25, 0.3) is 11.1 Å². The molecule has 6 rings (SSSR count). The highest BCUT2D eigenvalue weighted by molar-refractivity contribution is 8.00. The van der Waals surface area contributed by atoms with E-state index in [1.54, 1.807) is 11.8 Å². The van der Waals surface area contributed by atoms with Crippen molar-refractivity contribution in [2.24, 2.45) is 0 Å². The predicted molar refractivity (Wildman–Crippen MR) is 176 cm³/mol. The van der Waals surface area contributed by atoms with E-state index in [9.17, 15) is 8.42 Å². The van der Waals surface area contributed by atoms with Crippen molar-refractivity contribution in [1.82, 2.24) is 0 Å². The summed E-state index contributed by atoms with van der Waals surface area (Å²) in [5, 5.41) is 0. The van der Waals surface area contributed by atoms with Crippen molar-refractivity contribution in [3.63, 3.8) is 0 Å². The Morgan fingerprint density at radius 2 is 1.27 bits per heavy atom. The standard InChI is InChI=1S/C34H36N2O2S3/c1-6-14-35-27-11-8-23(3)18-32(27)40-33-20-25(10-12-28(33)35)26-21-34-30(19-24(26)4)36(15-7-16-41(5,37)38)29-17-22(2)9-13-31(29)39-34/h8-13,17-21H,6-7,14-16H2,1-5H3. The van der Waals surface area contributed by atoms with Crippen LogP contribution in [-0.2, 0) is 9.84 Å². The number of rotatable bonds is 7. The van der Waals surface area contributed by atoms with Crippen molar-refractivity contribution in [3.8, 4) is 11.1 Å². The maximum atomic E-state index is 11.9. The molecule has 0 saturated heterocycles. The fourth-order valence-corrected chi connectivity index (χ4v) is 8.78. The van der Waals surface area contributed by atoms with E-state index in [1.165, 1.54) is 70.7 Å². The molecule has 2 aliphatic heterocycles. The predicted octanol–water partition coefficient (Wildman–Crippen LogP) is 9.33. The first-order valence-electron chi connectivity index (χ1n) is 14.2. The third kappa shape index (κ3) is 5.64. The molecule has 4 aromatic rings.